The molecule has 3 heterocycles. The smallest absolute Gasteiger partial charge is 0.229 e. The van der Waals surface area contributed by atoms with Crippen LogP contribution in [0.3, 0.4) is 0 Å². The minimum absolute atomic E-state index is 0. The number of aromatic nitrogens is 1. The summed E-state index contributed by atoms with van der Waals surface area (Å²) in [7, 11) is 0. The maximum Gasteiger partial charge on any atom is 0.229 e. The van der Waals surface area contributed by atoms with Gasteiger partial charge >= 0.3 is 0 Å². The van der Waals surface area contributed by atoms with E-state index in [0.717, 1.165) is 31.7 Å². The molecular weight excluding hydrogens is 297 g/mol. The Morgan fingerprint density at radius 2 is 2.00 bits per heavy atom. The Morgan fingerprint density at radius 1 is 1.35 bits per heavy atom. The molecule has 1 aromatic heterocycles. The van der Waals surface area contributed by atoms with Crippen LogP contribution in [0.1, 0.15) is 18.4 Å². The van der Waals surface area contributed by atoms with Crippen molar-refractivity contribution in [3.8, 4) is 0 Å². The lowest BCUT2D eigenvalue weighted by molar-refractivity contribution is -0.131. The molecule has 2 aliphatic rings. The molecule has 6 heteroatoms. The van der Waals surface area contributed by atoms with Crippen LogP contribution in [-0.2, 0) is 4.79 Å². The number of nitrogens with one attached hydrogen (secondary N) is 1. The van der Waals surface area contributed by atoms with Gasteiger partial charge in [-0.15, -0.1) is 24.8 Å². The lowest BCUT2D eigenvalue weighted by Gasteiger charge is -2.21. The molecule has 1 aromatic rings. The fourth-order valence-corrected chi connectivity index (χ4v) is 3.08. The number of fused-ring (bicyclic) bond motifs is 1. The lowest BCUT2D eigenvalue weighted by atomic mass is 10.0. The van der Waals surface area contributed by atoms with Gasteiger partial charge in [-0.25, -0.2) is 0 Å². The van der Waals surface area contributed by atoms with Crippen molar-refractivity contribution in [1.29, 1.82) is 0 Å². The first-order chi connectivity index (χ1) is 8.75. The molecule has 4 nitrogen and oxygen atoms in total. The largest absolute Gasteiger partial charge is 0.342 e. The van der Waals surface area contributed by atoms with E-state index < -0.39 is 0 Å². The van der Waals surface area contributed by atoms with Crippen LogP contribution in [0.4, 0.5) is 0 Å². The highest BCUT2D eigenvalue weighted by Gasteiger charge is 2.39. The molecule has 1 N–H and O–H groups in total. The van der Waals surface area contributed by atoms with Crippen molar-refractivity contribution < 1.29 is 4.79 Å². The predicted molar refractivity (Wildman–Crippen MR) is 83.6 cm³/mol. The van der Waals surface area contributed by atoms with E-state index in [4.69, 9.17) is 0 Å². The highest BCUT2D eigenvalue weighted by Crippen LogP contribution is 2.29. The summed E-state index contributed by atoms with van der Waals surface area (Å²) in [6.07, 6.45) is 3.54. The van der Waals surface area contributed by atoms with Crippen LogP contribution >= 0.6 is 24.8 Å². The molecule has 20 heavy (non-hydrogen) atoms. The summed E-state index contributed by atoms with van der Waals surface area (Å²) in [6.45, 7) is 5.94. The number of hydrogen-bond donors (Lipinski definition) is 1. The third-order valence-corrected chi connectivity index (χ3v) is 4.26. The van der Waals surface area contributed by atoms with Gasteiger partial charge in [-0.3, -0.25) is 9.78 Å². The van der Waals surface area contributed by atoms with E-state index in [0.29, 0.717) is 11.8 Å². The van der Waals surface area contributed by atoms with E-state index in [-0.39, 0.29) is 36.6 Å². The molecule has 3 rings (SSSR count). The molecule has 2 aliphatic heterocycles. The van der Waals surface area contributed by atoms with Crippen LogP contribution in [-0.4, -0.2) is 42.0 Å². The zero-order valence-electron chi connectivity index (χ0n) is 11.5. The molecule has 1 amide bonds. The monoisotopic (exact) mass is 317 g/mol. The van der Waals surface area contributed by atoms with Gasteiger partial charge in [0.1, 0.15) is 0 Å². The summed E-state index contributed by atoms with van der Waals surface area (Å²) < 4.78 is 0. The molecule has 0 spiro atoms. The average Bonchev–Trinajstić information content (AvgIpc) is 2.99. The highest BCUT2D eigenvalue weighted by atomic mass is 35.5. The van der Waals surface area contributed by atoms with Crippen molar-refractivity contribution in [2.75, 3.05) is 26.2 Å². The summed E-state index contributed by atoms with van der Waals surface area (Å²) in [6, 6.07) is 3.87. The van der Waals surface area contributed by atoms with E-state index in [1.54, 1.807) is 12.4 Å². The fourth-order valence-electron chi connectivity index (χ4n) is 3.08. The molecule has 0 radical (unpaired) electrons. The van der Waals surface area contributed by atoms with Crippen molar-refractivity contribution in [3.05, 3.63) is 30.1 Å². The van der Waals surface area contributed by atoms with Gasteiger partial charge in [-0.1, -0.05) is 6.07 Å². The standard InChI is InChI=1S/C14H19N3O.2ClH/c1-10(11-3-2-4-15-5-11)14(18)17-8-12-6-16-7-13(12)9-17;;/h2-5,10,12-13,16H,6-9H2,1H3;2*1H/t10?,12-,13+;;. The molecule has 2 saturated heterocycles. The van der Waals surface area contributed by atoms with Crippen molar-refractivity contribution in [1.82, 2.24) is 15.2 Å². The third kappa shape index (κ3) is 3.25. The van der Waals surface area contributed by atoms with Crippen LogP contribution in [0.25, 0.3) is 0 Å². The second-order valence-electron chi connectivity index (χ2n) is 5.43. The average molecular weight is 318 g/mol. The SMILES string of the molecule is CC(C(=O)N1C[C@H]2CNC[C@H]2C1)c1cccnc1.Cl.Cl. The van der Waals surface area contributed by atoms with E-state index in [9.17, 15) is 4.79 Å². The molecule has 0 aromatic carbocycles. The molecule has 112 valence electrons. The Labute approximate surface area is 132 Å². The maximum atomic E-state index is 12.5. The Balaban J connectivity index is 0.000001000. The van der Waals surface area contributed by atoms with Gasteiger partial charge < -0.3 is 10.2 Å². The van der Waals surface area contributed by atoms with Crippen molar-refractivity contribution >= 4 is 30.7 Å². The van der Waals surface area contributed by atoms with Gasteiger partial charge in [-0.05, 0) is 30.4 Å². The number of amides is 1. The maximum absolute atomic E-state index is 12.5. The number of likely N-dealkylation sites (tertiary alicyclic amines) is 1. The minimum atomic E-state index is -0.0783. The molecule has 3 atom stereocenters. The Kier molecular flexibility index (Phi) is 6.24. The van der Waals surface area contributed by atoms with Crippen LogP contribution in [0, 0.1) is 11.8 Å². The second-order valence-corrected chi connectivity index (χ2v) is 5.43. The van der Waals surface area contributed by atoms with Crippen LogP contribution < -0.4 is 5.32 Å². The fraction of sp³-hybridized carbons (Fsp3) is 0.571. The number of carbonyl (C=O) groups excluding carboxylic acids is 1. The molecule has 0 aliphatic carbocycles. The van der Waals surface area contributed by atoms with Gasteiger partial charge in [0, 0.05) is 38.6 Å². The van der Waals surface area contributed by atoms with Gasteiger partial charge in [0.05, 0.1) is 5.92 Å². The first-order valence-electron chi connectivity index (χ1n) is 6.65. The molecule has 2 fully saturated rings. The number of halogens is 2. The van der Waals surface area contributed by atoms with Gasteiger partial charge in [0.2, 0.25) is 5.91 Å². The topological polar surface area (TPSA) is 45.2 Å². The highest BCUT2D eigenvalue weighted by molar-refractivity contribution is 5.85. The third-order valence-electron chi connectivity index (χ3n) is 4.26. The normalized spacial score (nSPS) is 25.4. The van der Waals surface area contributed by atoms with Gasteiger partial charge in [-0.2, -0.15) is 0 Å². The Hall–Kier alpha value is -0.840. The molecule has 1 unspecified atom stereocenters. The minimum Gasteiger partial charge on any atom is -0.342 e. The number of carbonyl (C=O) groups is 1. The summed E-state index contributed by atoms with van der Waals surface area (Å²) in [5.74, 6) is 1.49. The molecule has 0 bridgehead atoms. The van der Waals surface area contributed by atoms with Crippen molar-refractivity contribution in [2.24, 2.45) is 11.8 Å². The zero-order chi connectivity index (χ0) is 12.5. The van der Waals surface area contributed by atoms with E-state index >= 15 is 0 Å². The summed E-state index contributed by atoms with van der Waals surface area (Å²) in [5.41, 5.74) is 1.01. The number of rotatable bonds is 2. The Bertz CT molecular complexity index is 431. The summed E-state index contributed by atoms with van der Waals surface area (Å²) >= 11 is 0. The predicted octanol–water partition coefficient (Wildman–Crippen LogP) is 1.71. The number of hydrogen-bond acceptors (Lipinski definition) is 3. The van der Waals surface area contributed by atoms with Crippen LogP contribution in [0.5, 0.6) is 0 Å². The van der Waals surface area contributed by atoms with E-state index in [1.165, 1.54) is 0 Å². The van der Waals surface area contributed by atoms with Crippen LogP contribution in [0.2, 0.25) is 0 Å². The lowest BCUT2D eigenvalue weighted by Crippen LogP contribution is -2.34. The number of pyridine rings is 1. The first-order valence-corrected chi connectivity index (χ1v) is 6.65. The quantitative estimate of drug-likeness (QED) is 0.903. The van der Waals surface area contributed by atoms with Crippen molar-refractivity contribution in [2.45, 2.75) is 12.8 Å². The second kappa shape index (κ2) is 7.25. The van der Waals surface area contributed by atoms with Gasteiger partial charge in [0.25, 0.3) is 0 Å². The van der Waals surface area contributed by atoms with Crippen molar-refractivity contribution in [3.63, 3.8) is 0 Å². The van der Waals surface area contributed by atoms with Gasteiger partial charge in [0.15, 0.2) is 0 Å². The van der Waals surface area contributed by atoms with Crippen LogP contribution in [0.15, 0.2) is 24.5 Å². The summed E-state index contributed by atoms with van der Waals surface area (Å²) in [4.78, 5) is 18.6. The molecule has 0 saturated carbocycles. The number of nitrogens with zero attached hydrogens (tertiary/aromatic N) is 2. The zero-order valence-corrected chi connectivity index (χ0v) is 13.1. The summed E-state index contributed by atoms with van der Waals surface area (Å²) in [5, 5.41) is 3.40. The van der Waals surface area contributed by atoms with E-state index in [2.05, 4.69) is 10.3 Å². The molecular formula is C14H21Cl2N3O. The Morgan fingerprint density at radius 3 is 2.55 bits per heavy atom. The first kappa shape index (κ1) is 17.2. The van der Waals surface area contributed by atoms with E-state index in [1.807, 2.05) is 24.0 Å².